The summed E-state index contributed by atoms with van der Waals surface area (Å²) >= 11 is 0. The van der Waals surface area contributed by atoms with E-state index in [9.17, 15) is 23.9 Å². The molecular weight excluding hydrogens is 315 g/mol. The lowest BCUT2D eigenvalue weighted by Crippen LogP contribution is -2.37. The largest absolute Gasteiger partial charge is 0.507 e. The number of fused-ring (bicyclic) bond motifs is 1. The number of ketones is 1. The van der Waals surface area contributed by atoms with Gasteiger partial charge in [0.2, 0.25) is 0 Å². The summed E-state index contributed by atoms with van der Waals surface area (Å²) in [5.41, 5.74) is -0.655. The molecule has 1 aromatic carbocycles. The van der Waals surface area contributed by atoms with Crippen molar-refractivity contribution in [1.29, 1.82) is 0 Å². The Hall–Kier alpha value is -2.96. The Morgan fingerprint density at radius 3 is 2.50 bits per heavy atom. The molecule has 6 nitrogen and oxygen atoms in total. The van der Waals surface area contributed by atoms with Crippen molar-refractivity contribution in [3.8, 4) is 5.75 Å². The molecule has 0 spiro atoms. The topological polar surface area (TPSA) is 81.3 Å². The molecule has 0 radical (unpaired) electrons. The van der Waals surface area contributed by atoms with Gasteiger partial charge in [0.05, 0.1) is 11.1 Å². The number of aromatic hydroxyl groups is 1. The lowest BCUT2D eigenvalue weighted by molar-refractivity contribution is 0.103. The molecule has 1 atom stereocenters. The highest BCUT2D eigenvalue weighted by Gasteiger charge is 2.36. The number of halogens is 1. The van der Waals surface area contributed by atoms with Gasteiger partial charge in [-0.05, 0) is 18.2 Å². The van der Waals surface area contributed by atoms with Crippen molar-refractivity contribution in [2.45, 2.75) is 12.8 Å². The highest BCUT2D eigenvalue weighted by molar-refractivity contribution is 6.18. The molecule has 0 aliphatic heterocycles. The standard InChI is InChI=1S/C17H15FN2O4/c1-8-10(6-9-7-19(2)17(24)20(3)16(9)23)15(22)14-12(21)5-4-11(18)13(8)14/h4-8,21H,1-3H3/b10-6+/t8-/m1/s1. The van der Waals surface area contributed by atoms with E-state index in [0.717, 1.165) is 16.7 Å². The summed E-state index contributed by atoms with van der Waals surface area (Å²) in [6.45, 7) is 1.63. The summed E-state index contributed by atoms with van der Waals surface area (Å²) in [6, 6.07) is 2.24. The van der Waals surface area contributed by atoms with Crippen molar-refractivity contribution in [3.63, 3.8) is 0 Å². The van der Waals surface area contributed by atoms with E-state index in [1.165, 1.54) is 30.9 Å². The number of rotatable bonds is 1. The third-order valence-corrected chi connectivity index (χ3v) is 4.34. The second-order valence-corrected chi connectivity index (χ2v) is 5.85. The van der Waals surface area contributed by atoms with E-state index < -0.39 is 28.8 Å². The first kappa shape index (κ1) is 15.9. The molecule has 0 saturated carbocycles. The lowest BCUT2D eigenvalue weighted by Gasteiger charge is -2.08. The van der Waals surface area contributed by atoms with Crippen LogP contribution in [0, 0.1) is 5.82 Å². The van der Waals surface area contributed by atoms with Gasteiger partial charge in [-0.1, -0.05) is 6.92 Å². The van der Waals surface area contributed by atoms with Gasteiger partial charge in [0.15, 0.2) is 5.78 Å². The summed E-state index contributed by atoms with van der Waals surface area (Å²) in [4.78, 5) is 36.5. The molecule has 3 rings (SSSR count). The van der Waals surface area contributed by atoms with Crippen molar-refractivity contribution >= 4 is 11.9 Å². The Morgan fingerprint density at radius 2 is 1.88 bits per heavy atom. The Balaban J connectivity index is 2.23. The number of allylic oxidation sites excluding steroid dienone is 1. The van der Waals surface area contributed by atoms with Crippen LogP contribution in [0.25, 0.3) is 6.08 Å². The van der Waals surface area contributed by atoms with Crippen LogP contribution in [0.5, 0.6) is 5.75 Å². The summed E-state index contributed by atoms with van der Waals surface area (Å²) in [7, 11) is 2.83. The number of aryl methyl sites for hydroxylation is 1. The van der Waals surface area contributed by atoms with E-state index in [0.29, 0.717) is 0 Å². The van der Waals surface area contributed by atoms with E-state index in [1.807, 2.05) is 0 Å². The quantitative estimate of drug-likeness (QED) is 0.800. The van der Waals surface area contributed by atoms with Gasteiger partial charge in [-0.3, -0.25) is 14.2 Å². The zero-order valence-corrected chi connectivity index (χ0v) is 13.3. The fraction of sp³-hybridized carbons (Fsp3) is 0.235. The fourth-order valence-electron chi connectivity index (χ4n) is 3.03. The normalized spacial score (nSPS) is 18.2. The van der Waals surface area contributed by atoms with E-state index in [-0.39, 0.29) is 28.0 Å². The van der Waals surface area contributed by atoms with E-state index in [4.69, 9.17) is 0 Å². The predicted molar refractivity (Wildman–Crippen MR) is 85.7 cm³/mol. The van der Waals surface area contributed by atoms with Crippen LogP contribution in [0.15, 0.2) is 33.5 Å². The number of aromatic nitrogens is 2. The SMILES string of the molecule is C[C@@H]1/C(=C\c2cn(C)c(=O)n(C)c2=O)C(=O)c2c(O)ccc(F)c21. The minimum absolute atomic E-state index is 0.0737. The number of carbonyl (C=O) groups excluding carboxylic acids is 1. The van der Waals surface area contributed by atoms with Crippen LogP contribution in [0.3, 0.4) is 0 Å². The maximum atomic E-state index is 14.1. The Morgan fingerprint density at radius 1 is 1.21 bits per heavy atom. The second-order valence-electron chi connectivity index (χ2n) is 5.85. The first-order chi connectivity index (χ1) is 11.2. The highest BCUT2D eigenvalue weighted by atomic mass is 19.1. The molecule has 0 unspecified atom stereocenters. The van der Waals surface area contributed by atoms with Gasteiger partial charge in [-0.15, -0.1) is 0 Å². The van der Waals surface area contributed by atoms with Crippen LogP contribution in [-0.4, -0.2) is 20.0 Å². The molecule has 124 valence electrons. The van der Waals surface area contributed by atoms with Gasteiger partial charge in [-0.2, -0.15) is 0 Å². The minimum Gasteiger partial charge on any atom is -0.507 e. The van der Waals surface area contributed by atoms with Gasteiger partial charge in [-0.25, -0.2) is 9.18 Å². The van der Waals surface area contributed by atoms with Crippen molar-refractivity contribution in [1.82, 2.24) is 9.13 Å². The summed E-state index contributed by atoms with van der Waals surface area (Å²) in [5.74, 6) is -2.01. The number of hydrogen-bond acceptors (Lipinski definition) is 4. The zero-order valence-electron chi connectivity index (χ0n) is 13.3. The molecule has 1 aliphatic rings. The van der Waals surface area contributed by atoms with Crippen molar-refractivity contribution < 1.29 is 14.3 Å². The van der Waals surface area contributed by atoms with Crippen LogP contribution in [-0.2, 0) is 14.1 Å². The number of phenols is 1. The molecule has 0 fully saturated rings. The first-order valence-electron chi connectivity index (χ1n) is 7.28. The maximum absolute atomic E-state index is 14.1. The molecule has 7 heteroatoms. The van der Waals surface area contributed by atoms with Gasteiger partial charge in [0.25, 0.3) is 5.56 Å². The Labute approximate surface area is 136 Å². The van der Waals surface area contributed by atoms with Crippen LogP contribution < -0.4 is 11.2 Å². The van der Waals surface area contributed by atoms with E-state index >= 15 is 0 Å². The van der Waals surface area contributed by atoms with Crippen LogP contribution >= 0.6 is 0 Å². The van der Waals surface area contributed by atoms with E-state index in [2.05, 4.69) is 0 Å². The van der Waals surface area contributed by atoms with Crippen molar-refractivity contribution in [2.24, 2.45) is 14.1 Å². The lowest BCUT2D eigenvalue weighted by atomic mass is 9.98. The fourth-order valence-corrected chi connectivity index (χ4v) is 3.03. The first-order valence-corrected chi connectivity index (χ1v) is 7.28. The number of phenolic OH excluding ortho intramolecular Hbond substituents is 1. The average molecular weight is 330 g/mol. The third-order valence-electron chi connectivity index (χ3n) is 4.34. The van der Waals surface area contributed by atoms with Gasteiger partial charge < -0.3 is 9.67 Å². The molecule has 0 saturated heterocycles. The van der Waals surface area contributed by atoms with Crippen molar-refractivity contribution in [2.75, 3.05) is 0 Å². The number of nitrogens with zero attached hydrogens (tertiary/aromatic N) is 2. The van der Waals surface area contributed by atoms with Gasteiger partial charge in [0, 0.05) is 37.3 Å². The monoisotopic (exact) mass is 330 g/mol. The van der Waals surface area contributed by atoms with Crippen LogP contribution in [0.4, 0.5) is 4.39 Å². The van der Waals surface area contributed by atoms with E-state index in [1.54, 1.807) is 6.92 Å². The van der Waals surface area contributed by atoms with Crippen LogP contribution in [0.2, 0.25) is 0 Å². The molecule has 1 heterocycles. The number of hydrogen-bond donors (Lipinski definition) is 1. The minimum atomic E-state index is -0.610. The maximum Gasteiger partial charge on any atom is 0.330 e. The van der Waals surface area contributed by atoms with Gasteiger partial charge in [0.1, 0.15) is 11.6 Å². The Bertz CT molecular complexity index is 1030. The predicted octanol–water partition coefficient (Wildman–Crippen LogP) is 1.31. The molecule has 1 aliphatic carbocycles. The van der Waals surface area contributed by atoms with Crippen molar-refractivity contribution in [3.05, 3.63) is 67.2 Å². The van der Waals surface area contributed by atoms with Crippen LogP contribution in [0.1, 0.15) is 34.3 Å². The molecule has 24 heavy (non-hydrogen) atoms. The Kier molecular flexibility index (Phi) is 3.51. The molecular formula is C17H15FN2O4. The summed E-state index contributed by atoms with van der Waals surface area (Å²) in [6.07, 6.45) is 2.69. The second kappa shape index (κ2) is 5.30. The molecule has 1 N–H and O–H groups in total. The summed E-state index contributed by atoms with van der Waals surface area (Å²) < 4.78 is 16.2. The smallest absolute Gasteiger partial charge is 0.330 e. The molecule has 1 aromatic heterocycles. The number of carbonyl (C=O) groups is 1. The molecule has 0 bridgehead atoms. The molecule has 0 amide bonds. The number of Topliss-reactive ketones (excluding diaryl/α,β-unsaturated/α-hetero) is 1. The third kappa shape index (κ3) is 2.12. The molecule has 2 aromatic rings. The average Bonchev–Trinajstić information content (AvgIpc) is 2.79. The highest BCUT2D eigenvalue weighted by Crippen LogP contribution is 2.43. The summed E-state index contributed by atoms with van der Waals surface area (Å²) in [5, 5.41) is 9.88. The number of benzene rings is 1. The van der Waals surface area contributed by atoms with Gasteiger partial charge >= 0.3 is 5.69 Å². The zero-order chi connectivity index (χ0) is 17.8.